The Balaban J connectivity index is 1.07. The zero-order valence-electron chi connectivity index (χ0n) is 37.1. The highest BCUT2D eigenvalue weighted by molar-refractivity contribution is 6.12. The third-order valence-electron chi connectivity index (χ3n) is 14.3. The average Bonchev–Trinajstić information content (AvgIpc) is 4.06. The summed E-state index contributed by atoms with van der Waals surface area (Å²) < 4.78 is 23.7. The molecule has 0 saturated carbocycles. The molecule has 12 heteroatoms. The zero-order chi connectivity index (χ0) is 45.5. The summed E-state index contributed by atoms with van der Waals surface area (Å²) in [6, 6.07) is 36.2. The number of fused-ring (bicyclic) bond motifs is 4. The van der Waals surface area contributed by atoms with Crippen molar-refractivity contribution in [2.24, 2.45) is 5.92 Å². The Kier molecular flexibility index (Phi) is 11.5. The highest BCUT2D eigenvalue weighted by atomic mass is 16.7. The molecule has 5 aromatic carbocycles. The fraction of sp³-hybridized carbons (Fsp3) is 0.327. The number of aliphatic hydroxyl groups is 1. The molecule has 0 aromatic heterocycles. The molecule has 5 aliphatic heterocycles. The summed E-state index contributed by atoms with van der Waals surface area (Å²) in [5.74, 6) is 6.41. The summed E-state index contributed by atoms with van der Waals surface area (Å²) in [5.41, 5.74) is 4.85. The van der Waals surface area contributed by atoms with Gasteiger partial charge >= 0.3 is 5.97 Å². The molecular weight excluding hydrogens is 845 g/mol. The number of cyclic esters (lactones) is 1. The van der Waals surface area contributed by atoms with Gasteiger partial charge in [0.2, 0.25) is 18.6 Å². The summed E-state index contributed by atoms with van der Waals surface area (Å²) in [7, 11) is 0. The minimum Gasteiger partial charge on any atom is -0.491 e. The van der Waals surface area contributed by atoms with Crippen molar-refractivity contribution in [2.75, 3.05) is 51.5 Å². The van der Waals surface area contributed by atoms with Gasteiger partial charge in [-0.3, -0.25) is 24.2 Å². The molecule has 11 rings (SSSR count). The maximum atomic E-state index is 16.1. The van der Waals surface area contributed by atoms with Crippen molar-refractivity contribution >= 4 is 23.5 Å². The Morgan fingerprint density at radius 3 is 2.30 bits per heavy atom. The predicted octanol–water partition coefficient (Wildman–Crippen LogP) is 7.25. The molecule has 6 aliphatic rings. The number of hydrogen-bond acceptors (Lipinski definition) is 10. The van der Waals surface area contributed by atoms with Crippen molar-refractivity contribution in [3.05, 3.63) is 166 Å². The molecule has 5 aromatic rings. The number of benzene rings is 5. The molecule has 340 valence electrons. The maximum Gasteiger partial charge on any atom is 0.324 e. The number of hydrogen-bond donors (Lipinski definition) is 2. The number of amides is 2. The van der Waals surface area contributed by atoms with Crippen LogP contribution in [0.4, 0.5) is 5.69 Å². The second kappa shape index (κ2) is 18.1. The largest absolute Gasteiger partial charge is 0.491 e. The van der Waals surface area contributed by atoms with Crippen molar-refractivity contribution < 1.29 is 38.4 Å². The monoisotopic (exact) mass is 896 g/mol. The summed E-state index contributed by atoms with van der Waals surface area (Å²) in [6.07, 6.45) is 5.58. The number of esters is 1. The summed E-state index contributed by atoms with van der Waals surface area (Å²) in [6.45, 7) is 2.77. The van der Waals surface area contributed by atoms with Gasteiger partial charge in [-0.1, -0.05) is 96.8 Å². The summed E-state index contributed by atoms with van der Waals surface area (Å²) in [4.78, 5) is 53.4. The van der Waals surface area contributed by atoms with Crippen LogP contribution >= 0.6 is 0 Å². The molecule has 2 amide bonds. The van der Waals surface area contributed by atoms with Crippen LogP contribution < -0.4 is 19.5 Å². The second-order valence-corrected chi connectivity index (χ2v) is 18.1. The quantitative estimate of drug-likeness (QED) is 0.115. The van der Waals surface area contributed by atoms with Gasteiger partial charge < -0.3 is 34.3 Å². The number of rotatable bonds is 9. The van der Waals surface area contributed by atoms with Crippen LogP contribution in [0, 0.1) is 17.8 Å². The van der Waals surface area contributed by atoms with Gasteiger partial charge in [-0.15, -0.1) is 0 Å². The molecule has 0 bridgehead atoms. The lowest BCUT2D eigenvalue weighted by molar-refractivity contribution is -0.179. The van der Waals surface area contributed by atoms with E-state index >= 15 is 14.4 Å². The topological polar surface area (TPSA) is 130 Å². The lowest BCUT2D eigenvalue weighted by atomic mass is 9.65. The van der Waals surface area contributed by atoms with E-state index in [0.717, 1.165) is 65.0 Å². The number of allylic oxidation sites excluding steroid dienone is 2. The number of ether oxygens (including phenoxy) is 4. The van der Waals surface area contributed by atoms with Crippen LogP contribution in [0.1, 0.15) is 77.3 Å². The first kappa shape index (κ1) is 42.7. The molecule has 3 fully saturated rings. The van der Waals surface area contributed by atoms with Crippen molar-refractivity contribution in [3.8, 4) is 29.1 Å². The van der Waals surface area contributed by atoms with Crippen molar-refractivity contribution in [3.63, 3.8) is 0 Å². The van der Waals surface area contributed by atoms with E-state index < -0.39 is 41.5 Å². The molecule has 2 N–H and O–H groups in total. The van der Waals surface area contributed by atoms with Crippen LogP contribution in [0.15, 0.2) is 133 Å². The van der Waals surface area contributed by atoms with Gasteiger partial charge in [0, 0.05) is 44.0 Å². The zero-order valence-corrected chi connectivity index (χ0v) is 37.1. The molecule has 0 radical (unpaired) electrons. The SMILES string of the molecule is O=C1OC(c2ccccc2)C(c2ccccc2)N2C1C(C(=O)N1CCN(Cc3ccc4c(c3)OCO4)CC1)C1(C(=O)Nc3ccc(C#CC4=CCCCC4)cc31)C2c1ccc(OCCO)cc1. The fourth-order valence-electron chi connectivity index (χ4n) is 11.3. The predicted molar refractivity (Wildman–Crippen MR) is 250 cm³/mol. The van der Waals surface area contributed by atoms with Crippen molar-refractivity contribution in [2.45, 2.75) is 61.9 Å². The molecule has 1 spiro atoms. The third kappa shape index (κ3) is 7.71. The lowest BCUT2D eigenvalue weighted by Crippen LogP contribution is -2.58. The van der Waals surface area contributed by atoms with Crippen molar-refractivity contribution in [1.82, 2.24) is 14.7 Å². The van der Waals surface area contributed by atoms with Crippen LogP contribution in [-0.4, -0.2) is 89.8 Å². The van der Waals surface area contributed by atoms with Crippen LogP contribution in [0.3, 0.4) is 0 Å². The first-order chi connectivity index (χ1) is 32.9. The highest BCUT2D eigenvalue weighted by Gasteiger charge is 2.74. The summed E-state index contributed by atoms with van der Waals surface area (Å²) >= 11 is 0. The van der Waals surface area contributed by atoms with Crippen LogP contribution in [0.25, 0.3) is 0 Å². The number of piperazine rings is 1. The van der Waals surface area contributed by atoms with E-state index in [-0.39, 0.29) is 31.8 Å². The third-order valence-corrected chi connectivity index (χ3v) is 14.3. The Morgan fingerprint density at radius 2 is 1.55 bits per heavy atom. The van der Waals surface area contributed by atoms with E-state index in [2.05, 4.69) is 33.0 Å². The fourth-order valence-corrected chi connectivity index (χ4v) is 11.3. The van der Waals surface area contributed by atoms with E-state index in [1.165, 1.54) is 0 Å². The first-order valence-electron chi connectivity index (χ1n) is 23.4. The van der Waals surface area contributed by atoms with Crippen LogP contribution in [-0.2, 0) is 31.1 Å². The molecule has 6 atom stereocenters. The van der Waals surface area contributed by atoms with E-state index in [9.17, 15) is 5.11 Å². The number of nitrogens with zero attached hydrogens (tertiary/aromatic N) is 3. The van der Waals surface area contributed by atoms with E-state index in [4.69, 9.17) is 18.9 Å². The normalized spacial score (nSPS) is 25.4. The molecule has 3 saturated heterocycles. The first-order valence-corrected chi connectivity index (χ1v) is 23.4. The van der Waals surface area contributed by atoms with Gasteiger partial charge in [0.25, 0.3) is 0 Å². The number of nitrogens with one attached hydrogen (secondary N) is 1. The Hall–Kier alpha value is -6.91. The smallest absolute Gasteiger partial charge is 0.324 e. The number of anilines is 1. The molecule has 1 aliphatic carbocycles. The number of carbonyl (C=O) groups excluding carboxylic acids is 3. The average molecular weight is 897 g/mol. The summed E-state index contributed by atoms with van der Waals surface area (Å²) in [5, 5.41) is 12.8. The highest BCUT2D eigenvalue weighted by Crippen LogP contribution is 2.65. The number of carbonyl (C=O) groups is 3. The van der Waals surface area contributed by atoms with Crippen molar-refractivity contribution in [1.29, 1.82) is 0 Å². The van der Waals surface area contributed by atoms with Gasteiger partial charge in [-0.25, -0.2) is 0 Å². The molecular formula is C55H52N4O8. The number of morpholine rings is 1. The minimum atomic E-state index is -1.63. The maximum absolute atomic E-state index is 16.1. The lowest BCUT2D eigenvalue weighted by Gasteiger charge is -2.46. The van der Waals surface area contributed by atoms with Gasteiger partial charge in [-0.2, -0.15) is 0 Å². The second-order valence-electron chi connectivity index (χ2n) is 18.1. The molecule has 12 nitrogen and oxygen atoms in total. The van der Waals surface area contributed by atoms with Gasteiger partial charge in [0.15, 0.2) is 11.5 Å². The molecule has 6 unspecified atom stereocenters. The molecule has 67 heavy (non-hydrogen) atoms. The van der Waals surface area contributed by atoms with E-state index in [1.807, 2.05) is 126 Å². The Morgan fingerprint density at radius 1 is 0.791 bits per heavy atom. The van der Waals surface area contributed by atoms with Crippen LogP contribution in [0.2, 0.25) is 0 Å². The van der Waals surface area contributed by atoms with E-state index in [0.29, 0.717) is 55.3 Å². The van der Waals surface area contributed by atoms with Gasteiger partial charge in [0.1, 0.15) is 29.9 Å². The minimum absolute atomic E-state index is 0.110. The Bertz CT molecular complexity index is 2780. The van der Waals surface area contributed by atoms with Crippen LogP contribution in [0.5, 0.6) is 17.2 Å². The number of aliphatic hydroxyl groups excluding tert-OH is 1. The standard InChI is InChI=1S/C55H52N4O8/c60-30-31-64-42-22-20-41(21-23-42)51-55(43-32-37(18-24-44(43)56-54(55)63)17-16-36-10-4-1-5-11-36)47(52(61)58-28-26-57(27-29-58)34-38-19-25-45-46(33-38)66-35-65-45)49-53(62)67-50(40-14-8-3-9-15-40)48(59(49)51)39-12-6-2-7-13-39/h2-3,6-10,12-15,18-25,32-33,47-51,60H,1,4-5,11,26-31,34-35H2,(H,56,63). The van der Waals surface area contributed by atoms with Gasteiger partial charge in [0.05, 0.1) is 24.6 Å². The molecule has 5 heterocycles. The Labute approximate surface area is 390 Å². The van der Waals surface area contributed by atoms with Gasteiger partial charge in [-0.05, 0) is 102 Å². The van der Waals surface area contributed by atoms with E-state index in [1.54, 1.807) is 0 Å².